The second-order valence-corrected chi connectivity index (χ2v) is 9.29. The van der Waals surface area contributed by atoms with E-state index < -0.39 is 10.0 Å². The molecule has 2 aromatic rings. The number of nitrogens with zero attached hydrogens (tertiary/aromatic N) is 1. The van der Waals surface area contributed by atoms with Gasteiger partial charge in [-0.15, -0.1) is 0 Å². The molecule has 0 aliphatic carbocycles. The van der Waals surface area contributed by atoms with Crippen molar-refractivity contribution in [2.24, 2.45) is 0 Å². The summed E-state index contributed by atoms with van der Waals surface area (Å²) >= 11 is 3.32. The number of ketones is 1. The summed E-state index contributed by atoms with van der Waals surface area (Å²) in [5.41, 5.74) is 1.36. The van der Waals surface area contributed by atoms with Crippen molar-refractivity contribution in [2.45, 2.75) is 38.1 Å². The van der Waals surface area contributed by atoms with Crippen LogP contribution in [0.3, 0.4) is 0 Å². The average molecular weight is 481 g/mol. The first-order valence-corrected chi connectivity index (χ1v) is 11.7. The molecule has 0 fully saturated rings. The fourth-order valence-electron chi connectivity index (χ4n) is 2.79. The number of halogens is 1. The molecule has 0 saturated heterocycles. The zero-order chi connectivity index (χ0) is 21.4. The van der Waals surface area contributed by atoms with Crippen molar-refractivity contribution in [2.75, 3.05) is 13.1 Å². The van der Waals surface area contributed by atoms with Crippen LogP contribution in [-0.2, 0) is 21.4 Å². The number of sulfonamides is 1. The lowest BCUT2D eigenvalue weighted by Gasteiger charge is -2.18. The molecule has 156 valence electrons. The Bertz CT molecular complexity index is 938. The fraction of sp³-hybridized carbons (Fsp3) is 0.333. The normalized spacial score (nSPS) is 11.4. The largest absolute Gasteiger partial charge is 0.352 e. The Morgan fingerprint density at radius 2 is 1.52 bits per heavy atom. The van der Waals surface area contributed by atoms with Crippen LogP contribution < -0.4 is 5.32 Å². The lowest BCUT2D eigenvalue weighted by Crippen LogP contribution is -2.30. The van der Waals surface area contributed by atoms with Gasteiger partial charge in [-0.1, -0.05) is 54.0 Å². The highest BCUT2D eigenvalue weighted by atomic mass is 79.9. The molecule has 2 rings (SSSR count). The van der Waals surface area contributed by atoms with E-state index in [1.807, 2.05) is 0 Å². The second-order valence-electron chi connectivity index (χ2n) is 6.44. The Morgan fingerprint density at radius 1 is 0.931 bits per heavy atom. The molecule has 2 aromatic carbocycles. The average Bonchev–Trinajstić information content (AvgIpc) is 2.72. The van der Waals surface area contributed by atoms with Crippen molar-refractivity contribution in [1.29, 1.82) is 0 Å². The van der Waals surface area contributed by atoms with Gasteiger partial charge in [-0.05, 0) is 29.8 Å². The molecule has 0 atom stereocenters. The monoisotopic (exact) mass is 480 g/mol. The molecule has 29 heavy (non-hydrogen) atoms. The smallest absolute Gasteiger partial charge is 0.243 e. The van der Waals surface area contributed by atoms with Gasteiger partial charge in [-0.3, -0.25) is 9.59 Å². The molecule has 0 aromatic heterocycles. The summed E-state index contributed by atoms with van der Waals surface area (Å²) in [5.74, 6) is -0.311. The van der Waals surface area contributed by atoms with Crippen LogP contribution in [0.25, 0.3) is 0 Å². The summed E-state index contributed by atoms with van der Waals surface area (Å²) in [4.78, 5) is 24.4. The van der Waals surface area contributed by atoms with Gasteiger partial charge in [0.25, 0.3) is 0 Å². The van der Waals surface area contributed by atoms with E-state index in [1.54, 1.807) is 62.4 Å². The summed E-state index contributed by atoms with van der Waals surface area (Å²) in [6.45, 7) is 4.70. The predicted octanol–water partition coefficient (Wildman–Crippen LogP) is 3.76. The molecule has 0 unspecified atom stereocenters. The van der Waals surface area contributed by atoms with Crippen LogP contribution >= 0.6 is 15.9 Å². The predicted molar refractivity (Wildman–Crippen MR) is 116 cm³/mol. The third-order valence-corrected chi connectivity index (χ3v) is 7.09. The molecule has 0 spiro atoms. The first-order chi connectivity index (χ1) is 13.8. The highest BCUT2D eigenvalue weighted by Crippen LogP contribution is 2.16. The maximum atomic E-state index is 12.5. The molecule has 8 heteroatoms. The van der Waals surface area contributed by atoms with Gasteiger partial charge < -0.3 is 5.32 Å². The highest BCUT2D eigenvalue weighted by molar-refractivity contribution is 9.10. The zero-order valence-corrected chi connectivity index (χ0v) is 18.9. The van der Waals surface area contributed by atoms with Gasteiger partial charge >= 0.3 is 0 Å². The van der Waals surface area contributed by atoms with Crippen LogP contribution in [0.2, 0.25) is 0 Å². The molecular formula is C21H25BrN2O4S. The maximum absolute atomic E-state index is 12.5. The lowest BCUT2D eigenvalue weighted by molar-refractivity contribution is -0.121. The molecule has 0 radical (unpaired) electrons. The number of nitrogens with one attached hydrogen (secondary N) is 1. The van der Waals surface area contributed by atoms with Crippen LogP contribution in [0.15, 0.2) is 57.9 Å². The van der Waals surface area contributed by atoms with E-state index in [0.717, 1.165) is 10.0 Å². The Morgan fingerprint density at radius 3 is 2.07 bits per heavy atom. The summed E-state index contributed by atoms with van der Waals surface area (Å²) in [7, 11) is -3.49. The van der Waals surface area contributed by atoms with E-state index in [2.05, 4.69) is 21.2 Å². The number of hydrogen-bond donors (Lipinski definition) is 1. The Hall–Kier alpha value is -2.03. The van der Waals surface area contributed by atoms with Crippen LogP contribution in [0.4, 0.5) is 0 Å². The summed E-state index contributed by atoms with van der Waals surface area (Å²) < 4.78 is 27.2. The Balaban J connectivity index is 1.86. The van der Waals surface area contributed by atoms with Crippen molar-refractivity contribution in [3.8, 4) is 0 Å². The number of rotatable bonds is 10. The third kappa shape index (κ3) is 6.48. The Kier molecular flexibility index (Phi) is 8.55. The quantitative estimate of drug-likeness (QED) is 0.524. The van der Waals surface area contributed by atoms with E-state index in [1.165, 1.54) is 4.31 Å². The highest BCUT2D eigenvalue weighted by Gasteiger charge is 2.21. The van der Waals surface area contributed by atoms with E-state index in [4.69, 9.17) is 0 Å². The number of amides is 1. The minimum Gasteiger partial charge on any atom is -0.352 e. The van der Waals surface area contributed by atoms with Crippen LogP contribution in [0.1, 0.15) is 42.6 Å². The van der Waals surface area contributed by atoms with Crippen molar-refractivity contribution in [1.82, 2.24) is 9.62 Å². The van der Waals surface area contributed by atoms with Crippen LogP contribution in [0, 0.1) is 0 Å². The zero-order valence-electron chi connectivity index (χ0n) is 16.5. The summed E-state index contributed by atoms with van der Waals surface area (Å²) in [5, 5.41) is 2.76. The minimum atomic E-state index is -3.49. The van der Waals surface area contributed by atoms with E-state index in [9.17, 15) is 18.0 Å². The van der Waals surface area contributed by atoms with Crippen LogP contribution in [0.5, 0.6) is 0 Å². The number of hydrogen-bond acceptors (Lipinski definition) is 4. The Labute approximate surface area is 180 Å². The standard InChI is InChI=1S/C21H25BrN2O4S/c1-3-24(4-2)29(27,28)19-11-5-16(6-12-19)15-23-21(26)14-13-20(25)17-7-9-18(22)10-8-17/h5-12H,3-4,13-15H2,1-2H3,(H,23,26). The van der Waals surface area contributed by atoms with E-state index in [0.29, 0.717) is 18.7 Å². The van der Waals surface area contributed by atoms with Gasteiger partial charge in [0.05, 0.1) is 4.90 Å². The minimum absolute atomic E-state index is 0.0846. The van der Waals surface area contributed by atoms with Gasteiger partial charge in [-0.25, -0.2) is 8.42 Å². The molecular weight excluding hydrogens is 456 g/mol. The molecule has 6 nitrogen and oxygen atoms in total. The topological polar surface area (TPSA) is 83.6 Å². The van der Waals surface area contributed by atoms with Crippen molar-refractivity contribution < 1.29 is 18.0 Å². The molecule has 1 N–H and O–H groups in total. The van der Waals surface area contributed by atoms with Gasteiger partial charge in [-0.2, -0.15) is 4.31 Å². The fourth-order valence-corrected chi connectivity index (χ4v) is 4.51. The van der Waals surface area contributed by atoms with Gasteiger partial charge in [0.2, 0.25) is 15.9 Å². The van der Waals surface area contributed by atoms with E-state index in [-0.39, 0.29) is 36.0 Å². The van der Waals surface area contributed by atoms with Gasteiger partial charge in [0.15, 0.2) is 5.78 Å². The second kappa shape index (κ2) is 10.7. The SMILES string of the molecule is CCN(CC)S(=O)(=O)c1ccc(CNC(=O)CCC(=O)c2ccc(Br)cc2)cc1. The number of carbonyl (C=O) groups is 2. The molecule has 0 saturated carbocycles. The molecule has 1 amide bonds. The molecule has 0 aliphatic rings. The maximum Gasteiger partial charge on any atom is 0.243 e. The van der Waals surface area contributed by atoms with E-state index >= 15 is 0 Å². The number of Topliss-reactive ketones (excluding diaryl/α,β-unsaturated/α-hetero) is 1. The van der Waals surface area contributed by atoms with Crippen molar-refractivity contribution in [3.63, 3.8) is 0 Å². The van der Waals surface area contributed by atoms with Crippen LogP contribution in [-0.4, -0.2) is 37.5 Å². The summed E-state index contributed by atoms with van der Waals surface area (Å²) in [6, 6.07) is 13.5. The lowest BCUT2D eigenvalue weighted by atomic mass is 10.1. The third-order valence-electron chi connectivity index (χ3n) is 4.50. The first kappa shape index (κ1) is 23.3. The summed E-state index contributed by atoms with van der Waals surface area (Å²) in [6.07, 6.45) is 0.234. The first-order valence-electron chi connectivity index (χ1n) is 9.42. The molecule has 0 heterocycles. The van der Waals surface area contributed by atoms with Crippen molar-refractivity contribution >= 4 is 37.6 Å². The van der Waals surface area contributed by atoms with Gasteiger partial charge in [0, 0.05) is 42.5 Å². The molecule has 0 aliphatic heterocycles. The number of benzene rings is 2. The van der Waals surface area contributed by atoms with Gasteiger partial charge in [0.1, 0.15) is 0 Å². The number of carbonyl (C=O) groups excluding carboxylic acids is 2. The molecule has 0 bridgehead atoms. The van der Waals surface area contributed by atoms with Crippen molar-refractivity contribution in [3.05, 3.63) is 64.1 Å².